The third-order valence-corrected chi connectivity index (χ3v) is 6.21. The zero-order valence-electron chi connectivity index (χ0n) is 15.4. The van der Waals surface area contributed by atoms with Crippen molar-refractivity contribution in [1.82, 2.24) is 9.91 Å². The molecule has 0 spiro atoms. The summed E-state index contributed by atoms with van der Waals surface area (Å²) >= 11 is 0. The summed E-state index contributed by atoms with van der Waals surface area (Å²) in [5.41, 5.74) is 2.32. The Morgan fingerprint density at radius 2 is 2.11 bits per heavy atom. The van der Waals surface area contributed by atoms with E-state index in [1.807, 2.05) is 11.1 Å². The van der Waals surface area contributed by atoms with Crippen LogP contribution < -0.4 is 4.90 Å². The molecule has 2 saturated heterocycles. The summed E-state index contributed by atoms with van der Waals surface area (Å²) in [6.45, 7) is 3.21. The van der Waals surface area contributed by atoms with E-state index in [1.54, 1.807) is 9.80 Å². The summed E-state index contributed by atoms with van der Waals surface area (Å²) in [6.07, 6.45) is 3.62. The highest BCUT2D eigenvalue weighted by molar-refractivity contribution is 5.93. The van der Waals surface area contributed by atoms with Crippen LogP contribution in [0.25, 0.3) is 0 Å². The molecular formula is C19H21FN6O2. The number of benzene rings is 1. The highest BCUT2D eigenvalue weighted by atomic mass is 19.1. The van der Waals surface area contributed by atoms with Gasteiger partial charge >= 0.3 is 6.09 Å². The molecule has 2 fully saturated rings. The number of nitrogens with zero attached hydrogens (tertiary/aromatic N) is 6. The van der Waals surface area contributed by atoms with Crippen molar-refractivity contribution in [3.8, 4) is 6.19 Å². The molecule has 0 saturated carbocycles. The summed E-state index contributed by atoms with van der Waals surface area (Å²) in [7, 11) is 0. The van der Waals surface area contributed by atoms with E-state index in [0.29, 0.717) is 43.9 Å². The molecule has 0 N–H and O–H groups in total. The highest BCUT2D eigenvalue weighted by Crippen LogP contribution is 2.42. The first kappa shape index (κ1) is 17.2. The molecule has 1 aromatic carbocycles. The molecule has 0 aromatic heterocycles. The average molecular weight is 384 g/mol. The van der Waals surface area contributed by atoms with Gasteiger partial charge < -0.3 is 9.64 Å². The zero-order chi connectivity index (χ0) is 19.3. The van der Waals surface area contributed by atoms with E-state index >= 15 is 0 Å². The van der Waals surface area contributed by atoms with E-state index in [9.17, 15) is 9.18 Å². The Morgan fingerprint density at radius 1 is 1.29 bits per heavy atom. The number of amides is 1. The van der Waals surface area contributed by atoms with Crippen molar-refractivity contribution in [3.63, 3.8) is 0 Å². The molecule has 4 aliphatic rings. The van der Waals surface area contributed by atoms with Gasteiger partial charge in [-0.05, 0) is 42.4 Å². The summed E-state index contributed by atoms with van der Waals surface area (Å²) in [5, 5.41) is 18.8. The van der Waals surface area contributed by atoms with Crippen molar-refractivity contribution in [3.05, 3.63) is 29.1 Å². The molecule has 0 radical (unpaired) electrons. The predicted molar refractivity (Wildman–Crippen MR) is 97.1 cm³/mol. The number of ether oxygens (including phenoxy) is 1. The van der Waals surface area contributed by atoms with E-state index < -0.39 is 6.09 Å². The van der Waals surface area contributed by atoms with Crippen LogP contribution in [0.4, 0.5) is 14.9 Å². The second-order valence-electron chi connectivity index (χ2n) is 7.79. The summed E-state index contributed by atoms with van der Waals surface area (Å²) in [6, 6.07) is 3.28. The third-order valence-electron chi connectivity index (χ3n) is 6.21. The number of fused-ring (bicyclic) bond motifs is 3. The number of halogens is 1. The lowest BCUT2D eigenvalue weighted by molar-refractivity contribution is 0.101. The maximum atomic E-state index is 14.9. The fourth-order valence-corrected chi connectivity index (χ4v) is 4.74. The second-order valence-corrected chi connectivity index (χ2v) is 7.79. The Bertz CT molecular complexity index is 876. The van der Waals surface area contributed by atoms with Crippen molar-refractivity contribution in [2.45, 2.75) is 37.3 Å². The van der Waals surface area contributed by atoms with E-state index in [-0.39, 0.29) is 23.9 Å². The van der Waals surface area contributed by atoms with E-state index in [4.69, 9.17) is 10.00 Å². The Morgan fingerprint density at radius 3 is 2.82 bits per heavy atom. The van der Waals surface area contributed by atoms with Crippen LogP contribution in [0.3, 0.4) is 0 Å². The number of hydrogen-bond donors (Lipinski definition) is 0. The van der Waals surface area contributed by atoms with Gasteiger partial charge in [0.15, 0.2) is 6.19 Å². The number of likely N-dealkylation sites (tertiary alicyclic amines) is 1. The van der Waals surface area contributed by atoms with Crippen LogP contribution in [0, 0.1) is 17.3 Å². The van der Waals surface area contributed by atoms with Gasteiger partial charge in [-0.3, -0.25) is 9.91 Å². The Balaban J connectivity index is 1.37. The standard InChI is InChI=1S/C19H21FN6O2/c20-15-9-16-13(7-14(15)12-1-4-24(11-21)5-2-12)8-17-18(28-19(27)26(16)17)10-25-6-3-22-23-25/h7,9,12,17-18H,1-6,8,10H2/t17-,18-/m0/s1. The van der Waals surface area contributed by atoms with Gasteiger partial charge in [0.1, 0.15) is 11.9 Å². The number of carbonyl (C=O) groups excluding carboxylic acids is 1. The Kier molecular flexibility index (Phi) is 4.07. The fourth-order valence-electron chi connectivity index (χ4n) is 4.74. The van der Waals surface area contributed by atoms with Gasteiger partial charge in [0.2, 0.25) is 0 Å². The molecule has 8 nitrogen and oxygen atoms in total. The molecule has 4 heterocycles. The van der Waals surface area contributed by atoms with Crippen molar-refractivity contribution < 1.29 is 13.9 Å². The van der Waals surface area contributed by atoms with Gasteiger partial charge in [-0.2, -0.15) is 10.4 Å². The van der Waals surface area contributed by atoms with Crippen LogP contribution >= 0.6 is 0 Å². The molecule has 0 bridgehead atoms. The molecule has 1 aromatic rings. The number of piperidine rings is 1. The number of hydrogen-bond acceptors (Lipinski definition) is 7. The first-order valence-corrected chi connectivity index (χ1v) is 9.73. The summed E-state index contributed by atoms with van der Waals surface area (Å²) in [5.74, 6) is -0.169. The van der Waals surface area contributed by atoms with Crippen LogP contribution in [0.2, 0.25) is 0 Å². The number of rotatable bonds is 3. The van der Waals surface area contributed by atoms with Gasteiger partial charge in [0.05, 0.1) is 31.4 Å². The average Bonchev–Trinajstić information content (AvgIpc) is 3.40. The predicted octanol–water partition coefficient (Wildman–Crippen LogP) is 2.42. The van der Waals surface area contributed by atoms with Gasteiger partial charge in [-0.25, -0.2) is 9.18 Å². The van der Waals surface area contributed by atoms with Gasteiger partial charge in [-0.1, -0.05) is 11.3 Å². The monoisotopic (exact) mass is 384 g/mol. The summed E-state index contributed by atoms with van der Waals surface area (Å²) in [4.78, 5) is 15.8. The highest BCUT2D eigenvalue weighted by Gasteiger charge is 2.48. The first-order valence-electron chi connectivity index (χ1n) is 9.73. The summed E-state index contributed by atoms with van der Waals surface area (Å²) < 4.78 is 20.5. The van der Waals surface area contributed by atoms with E-state index in [0.717, 1.165) is 24.9 Å². The second kappa shape index (κ2) is 6.62. The number of nitriles is 1. The normalized spacial score (nSPS) is 26.4. The molecule has 146 valence electrons. The van der Waals surface area contributed by atoms with Gasteiger partial charge in [0, 0.05) is 13.1 Å². The molecule has 28 heavy (non-hydrogen) atoms. The van der Waals surface area contributed by atoms with Crippen molar-refractivity contribution in [2.75, 3.05) is 37.6 Å². The third kappa shape index (κ3) is 2.75. The number of cyclic esters (lactones) is 1. The van der Waals surface area contributed by atoms with Crippen LogP contribution in [0.5, 0.6) is 0 Å². The van der Waals surface area contributed by atoms with Gasteiger partial charge in [0.25, 0.3) is 0 Å². The van der Waals surface area contributed by atoms with Crippen LogP contribution in [-0.4, -0.2) is 60.9 Å². The Hall–Kier alpha value is -2.89. The quantitative estimate of drug-likeness (QED) is 0.747. The van der Waals surface area contributed by atoms with Gasteiger partial charge in [-0.15, -0.1) is 0 Å². The van der Waals surface area contributed by atoms with E-state index in [2.05, 4.69) is 16.5 Å². The molecule has 0 aliphatic carbocycles. The molecule has 1 amide bonds. The van der Waals surface area contributed by atoms with Crippen LogP contribution in [0.15, 0.2) is 22.5 Å². The minimum absolute atomic E-state index is 0.109. The molecule has 4 aliphatic heterocycles. The topological polar surface area (TPSA) is 84.5 Å². The Labute approximate surface area is 162 Å². The lowest BCUT2D eigenvalue weighted by atomic mass is 9.87. The van der Waals surface area contributed by atoms with Crippen molar-refractivity contribution in [1.29, 1.82) is 5.26 Å². The lowest BCUT2D eigenvalue weighted by Gasteiger charge is -2.29. The minimum atomic E-state index is -0.417. The molecule has 9 heteroatoms. The zero-order valence-corrected chi connectivity index (χ0v) is 15.4. The van der Waals surface area contributed by atoms with Crippen LogP contribution in [-0.2, 0) is 11.2 Å². The first-order chi connectivity index (χ1) is 13.6. The fraction of sp³-hybridized carbons (Fsp3) is 0.579. The number of carbonyl (C=O) groups is 1. The molecule has 2 atom stereocenters. The van der Waals surface area contributed by atoms with Crippen LogP contribution in [0.1, 0.15) is 29.9 Å². The molecule has 5 rings (SSSR count). The smallest absolute Gasteiger partial charge is 0.415 e. The maximum Gasteiger partial charge on any atom is 0.415 e. The van der Waals surface area contributed by atoms with Crippen molar-refractivity contribution in [2.24, 2.45) is 10.3 Å². The lowest BCUT2D eigenvalue weighted by Crippen LogP contribution is -2.39. The number of anilines is 1. The minimum Gasteiger partial charge on any atom is -0.442 e. The van der Waals surface area contributed by atoms with E-state index in [1.165, 1.54) is 6.07 Å². The largest absolute Gasteiger partial charge is 0.442 e. The SMILES string of the molecule is N#CN1CCC(c2cc3c(cc2F)N2C(=O)O[C@@H](CN4CCN=N4)[C@@H]2C3)CC1. The molecular weight excluding hydrogens is 363 g/mol. The maximum absolute atomic E-state index is 14.9. The van der Waals surface area contributed by atoms with Crippen molar-refractivity contribution >= 4 is 11.8 Å². The molecule has 0 unspecified atom stereocenters.